The first kappa shape index (κ1) is 24.9. The Balaban J connectivity index is 1.59. The fourth-order valence-electron chi connectivity index (χ4n) is 5.54. The summed E-state index contributed by atoms with van der Waals surface area (Å²) >= 11 is 0. The minimum Gasteiger partial charge on any atom is -0.393 e. The van der Waals surface area contributed by atoms with Crippen LogP contribution < -0.4 is 5.56 Å². The van der Waals surface area contributed by atoms with Crippen LogP contribution in [-0.4, -0.2) is 25.4 Å². The summed E-state index contributed by atoms with van der Waals surface area (Å²) in [6.07, 6.45) is 7.11. The standard InChI is InChI=1S/C30H31FN4O2/c1-2-3-8-28-26(17-20-9-14-25(27(31)18-20)24-7-5-4-6-21(24)19-32)30(37)34(29-15-16-33-35(28)29)22-10-12-23(36)13-11-22/h4-7,9,14-16,18,22-23,36H,2-3,8,10-13,17H2,1H3/t22-,23-. The third-order valence-electron chi connectivity index (χ3n) is 7.50. The average Bonchev–Trinajstić information content (AvgIpc) is 3.39. The van der Waals surface area contributed by atoms with E-state index >= 15 is 4.39 Å². The van der Waals surface area contributed by atoms with Gasteiger partial charge in [0.25, 0.3) is 5.56 Å². The summed E-state index contributed by atoms with van der Waals surface area (Å²) in [7, 11) is 0. The highest BCUT2D eigenvalue weighted by Gasteiger charge is 2.26. The van der Waals surface area contributed by atoms with Gasteiger partial charge in [-0.05, 0) is 56.2 Å². The molecule has 7 heteroatoms. The number of unbranched alkanes of at least 4 members (excludes halogenated alkanes) is 1. The van der Waals surface area contributed by atoms with Crippen LogP contribution >= 0.6 is 0 Å². The van der Waals surface area contributed by atoms with Crippen molar-refractivity contribution >= 4 is 5.65 Å². The quantitative estimate of drug-likeness (QED) is 0.360. The number of halogens is 1. The Morgan fingerprint density at radius 1 is 1.11 bits per heavy atom. The lowest BCUT2D eigenvalue weighted by Gasteiger charge is -2.29. The smallest absolute Gasteiger partial charge is 0.257 e. The van der Waals surface area contributed by atoms with Crippen LogP contribution in [0.2, 0.25) is 0 Å². The number of aliphatic hydroxyl groups is 1. The summed E-state index contributed by atoms with van der Waals surface area (Å²) in [5.41, 5.74) is 4.27. The van der Waals surface area contributed by atoms with Crippen LogP contribution in [0, 0.1) is 17.1 Å². The lowest BCUT2D eigenvalue weighted by molar-refractivity contribution is 0.110. The third-order valence-corrected chi connectivity index (χ3v) is 7.50. The van der Waals surface area contributed by atoms with E-state index in [-0.39, 0.29) is 17.7 Å². The minimum absolute atomic E-state index is 0.00401. The van der Waals surface area contributed by atoms with Crippen LogP contribution in [0.25, 0.3) is 16.8 Å². The zero-order valence-electron chi connectivity index (χ0n) is 21.0. The van der Waals surface area contributed by atoms with Gasteiger partial charge >= 0.3 is 0 Å². The minimum atomic E-state index is -0.419. The molecular weight excluding hydrogens is 467 g/mol. The van der Waals surface area contributed by atoms with Crippen molar-refractivity contribution in [3.63, 3.8) is 0 Å². The second-order valence-corrected chi connectivity index (χ2v) is 9.92. The lowest BCUT2D eigenvalue weighted by Crippen LogP contribution is -2.34. The van der Waals surface area contributed by atoms with Crippen LogP contribution in [0.15, 0.2) is 59.5 Å². The first-order valence-corrected chi connectivity index (χ1v) is 13.1. The third kappa shape index (κ3) is 4.82. The fourth-order valence-corrected chi connectivity index (χ4v) is 5.54. The number of hydrogen-bond donors (Lipinski definition) is 1. The zero-order chi connectivity index (χ0) is 25.9. The topological polar surface area (TPSA) is 83.3 Å². The fraction of sp³-hybridized carbons (Fsp3) is 0.367. The average molecular weight is 499 g/mol. The number of aliphatic hydroxyl groups excluding tert-OH is 1. The zero-order valence-corrected chi connectivity index (χ0v) is 21.0. The molecule has 5 rings (SSSR count). The van der Waals surface area contributed by atoms with Gasteiger partial charge in [-0.25, -0.2) is 8.91 Å². The molecule has 0 spiro atoms. The van der Waals surface area contributed by atoms with E-state index in [4.69, 9.17) is 0 Å². The number of fused-ring (bicyclic) bond motifs is 1. The Labute approximate surface area is 215 Å². The van der Waals surface area contributed by atoms with Gasteiger partial charge in [-0.3, -0.25) is 9.36 Å². The van der Waals surface area contributed by atoms with Gasteiger partial charge < -0.3 is 5.11 Å². The van der Waals surface area contributed by atoms with Crippen molar-refractivity contribution in [3.05, 3.63) is 93.3 Å². The molecule has 0 radical (unpaired) electrons. The molecular formula is C30H31FN4O2. The molecule has 1 fully saturated rings. The molecule has 0 saturated heterocycles. The molecule has 4 aromatic rings. The number of aromatic nitrogens is 3. The molecule has 190 valence electrons. The van der Waals surface area contributed by atoms with Gasteiger partial charge in [-0.15, -0.1) is 0 Å². The monoisotopic (exact) mass is 498 g/mol. The van der Waals surface area contributed by atoms with Crippen molar-refractivity contribution in [1.29, 1.82) is 5.26 Å². The lowest BCUT2D eigenvalue weighted by atomic mass is 9.92. The van der Waals surface area contributed by atoms with E-state index in [1.54, 1.807) is 36.5 Å². The van der Waals surface area contributed by atoms with Crippen molar-refractivity contribution in [2.24, 2.45) is 0 Å². The second-order valence-electron chi connectivity index (χ2n) is 9.92. The summed E-state index contributed by atoms with van der Waals surface area (Å²) in [5.74, 6) is -0.419. The van der Waals surface area contributed by atoms with Gasteiger partial charge in [0.1, 0.15) is 11.5 Å². The number of aryl methyl sites for hydroxylation is 1. The first-order chi connectivity index (χ1) is 18.0. The highest BCUT2D eigenvalue weighted by atomic mass is 19.1. The van der Waals surface area contributed by atoms with Crippen LogP contribution in [0.1, 0.15) is 73.9 Å². The number of nitriles is 1. The number of hydrogen-bond acceptors (Lipinski definition) is 4. The van der Waals surface area contributed by atoms with E-state index in [0.29, 0.717) is 53.5 Å². The molecule has 1 N–H and O–H groups in total. The number of rotatable bonds is 7. The maximum absolute atomic E-state index is 15.3. The highest BCUT2D eigenvalue weighted by Crippen LogP contribution is 2.31. The molecule has 0 aliphatic heterocycles. The summed E-state index contributed by atoms with van der Waals surface area (Å²) in [6.45, 7) is 2.11. The molecule has 0 atom stereocenters. The Bertz CT molecular complexity index is 1520. The normalized spacial score (nSPS) is 17.7. The Kier molecular flexibility index (Phi) is 7.20. The van der Waals surface area contributed by atoms with E-state index in [0.717, 1.165) is 37.0 Å². The molecule has 0 unspecified atom stereocenters. The van der Waals surface area contributed by atoms with Crippen molar-refractivity contribution in [1.82, 2.24) is 14.2 Å². The largest absolute Gasteiger partial charge is 0.393 e. The molecule has 6 nitrogen and oxygen atoms in total. The van der Waals surface area contributed by atoms with Crippen molar-refractivity contribution in [2.75, 3.05) is 0 Å². The van der Waals surface area contributed by atoms with Gasteiger partial charge in [-0.1, -0.05) is 43.7 Å². The van der Waals surface area contributed by atoms with Gasteiger partial charge in [0, 0.05) is 35.2 Å². The Morgan fingerprint density at radius 3 is 2.62 bits per heavy atom. The van der Waals surface area contributed by atoms with E-state index in [1.807, 2.05) is 21.2 Å². The van der Waals surface area contributed by atoms with Crippen LogP contribution in [-0.2, 0) is 12.8 Å². The van der Waals surface area contributed by atoms with Crippen LogP contribution in [0.5, 0.6) is 0 Å². The molecule has 37 heavy (non-hydrogen) atoms. The molecule has 2 heterocycles. The van der Waals surface area contributed by atoms with Gasteiger partial charge in [0.2, 0.25) is 0 Å². The highest BCUT2D eigenvalue weighted by molar-refractivity contribution is 5.71. The van der Waals surface area contributed by atoms with E-state index < -0.39 is 5.82 Å². The molecule has 1 aliphatic carbocycles. The van der Waals surface area contributed by atoms with Crippen LogP contribution in [0.4, 0.5) is 4.39 Å². The molecule has 1 saturated carbocycles. The summed E-state index contributed by atoms with van der Waals surface area (Å²) in [4.78, 5) is 14.0. The molecule has 1 aliphatic rings. The number of benzene rings is 2. The molecule has 0 bridgehead atoms. The van der Waals surface area contributed by atoms with Gasteiger partial charge in [0.15, 0.2) is 0 Å². The summed E-state index contributed by atoms with van der Waals surface area (Å²) in [6, 6.07) is 16.0. The van der Waals surface area contributed by atoms with Crippen molar-refractivity contribution < 1.29 is 9.50 Å². The van der Waals surface area contributed by atoms with Gasteiger partial charge in [0.05, 0.1) is 29.6 Å². The maximum atomic E-state index is 15.3. The van der Waals surface area contributed by atoms with Crippen molar-refractivity contribution in [3.8, 4) is 17.2 Å². The van der Waals surface area contributed by atoms with E-state index in [9.17, 15) is 15.2 Å². The summed E-state index contributed by atoms with van der Waals surface area (Å²) in [5, 5.41) is 24.0. The maximum Gasteiger partial charge on any atom is 0.257 e. The predicted molar refractivity (Wildman–Crippen MR) is 141 cm³/mol. The Hall–Kier alpha value is -3.76. The van der Waals surface area contributed by atoms with E-state index in [1.165, 1.54) is 6.07 Å². The molecule has 0 amide bonds. The summed E-state index contributed by atoms with van der Waals surface area (Å²) < 4.78 is 19.1. The second kappa shape index (κ2) is 10.7. The first-order valence-electron chi connectivity index (χ1n) is 13.1. The van der Waals surface area contributed by atoms with E-state index in [2.05, 4.69) is 18.1 Å². The number of nitrogens with zero attached hydrogens (tertiary/aromatic N) is 4. The Morgan fingerprint density at radius 2 is 1.89 bits per heavy atom. The SMILES string of the molecule is CCCCc1c(Cc2ccc(-c3ccccc3C#N)c(F)c2)c(=O)n([C@H]2CC[C@H](O)CC2)c2ccnn12. The predicted octanol–water partition coefficient (Wildman–Crippen LogP) is 5.58. The van der Waals surface area contributed by atoms with Crippen molar-refractivity contribution in [2.45, 2.75) is 70.4 Å². The molecule has 2 aromatic carbocycles. The van der Waals surface area contributed by atoms with Gasteiger partial charge in [-0.2, -0.15) is 10.4 Å². The molecule has 2 aromatic heterocycles. The van der Waals surface area contributed by atoms with Crippen LogP contribution in [0.3, 0.4) is 0 Å².